The lowest BCUT2D eigenvalue weighted by Crippen LogP contribution is -2.45. The first kappa shape index (κ1) is 20.0. The molecular formula is C17H24N2O4S. The van der Waals surface area contributed by atoms with Crippen LogP contribution in [0.1, 0.15) is 19.4 Å². The third-order valence-corrected chi connectivity index (χ3v) is 4.14. The minimum absolute atomic E-state index is 0.0731. The van der Waals surface area contributed by atoms with Crippen molar-refractivity contribution in [1.29, 1.82) is 0 Å². The van der Waals surface area contributed by atoms with Gasteiger partial charge in [-0.2, -0.15) is 0 Å². The van der Waals surface area contributed by atoms with Crippen molar-refractivity contribution in [3.8, 4) is 0 Å². The van der Waals surface area contributed by atoms with E-state index in [0.717, 1.165) is 11.3 Å². The molecule has 0 aliphatic heterocycles. The quantitative estimate of drug-likeness (QED) is 0.699. The van der Waals surface area contributed by atoms with E-state index in [2.05, 4.69) is 15.4 Å². The van der Waals surface area contributed by atoms with Gasteiger partial charge in [0.05, 0.1) is 18.6 Å². The van der Waals surface area contributed by atoms with Crippen LogP contribution in [0.15, 0.2) is 24.3 Å². The van der Waals surface area contributed by atoms with Crippen molar-refractivity contribution < 1.29 is 19.1 Å². The van der Waals surface area contributed by atoms with Crippen molar-refractivity contribution in [2.24, 2.45) is 5.92 Å². The highest BCUT2D eigenvalue weighted by molar-refractivity contribution is 8.00. The number of aryl methyl sites for hydroxylation is 1. The van der Waals surface area contributed by atoms with Gasteiger partial charge in [-0.3, -0.25) is 9.59 Å². The third-order valence-electron chi connectivity index (χ3n) is 3.21. The fourth-order valence-electron chi connectivity index (χ4n) is 2.00. The first-order valence-corrected chi connectivity index (χ1v) is 8.80. The first-order chi connectivity index (χ1) is 11.3. The average Bonchev–Trinajstić information content (AvgIpc) is 2.51. The number of carbonyl (C=O) groups is 3. The van der Waals surface area contributed by atoms with Crippen molar-refractivity contribution in [2.45, 2.75) is 26.8 Å². The molecule has 0 heterocycles. The van der Waals surface area contributed by atoms with Gasteiger partial charge in [0.25, 0.3) is 0 Å². The highest BCUT2D eigenvalue weighted by atomic mass is 32.2. The van der Waals surface area contributed by atoms with Crippen LogP contribution in [0.3, 0.4) is 0 Å². The number of carbonyl (C=O) groups excluding carboxylic acids is 3. The van der Waals surface area contributed by atoms with E-state index in [4.69, 9.17) is 0 Å². The molecule has 2 N–H and O–H groups in total. The summed E-state index contributed by atoms with van der Waals surface area (Å²) in [5.41, 5.74) is 1.79. The number of rotatable bonds is 8. The molecule has 0 bridgehead atoms. The fourth-order valence-corrected chi connectivity index (χ4v) is 2.62. The average molecular weight is 352 g/mol. The van der Waals surface area contributed by atoms with E-state index in [0.29, 0.717) is 0 Å². The molecule has 24 heavy (non-hydrogen) atoms. The van der Waals surface area contributed by atoms with Gasteiger partial charge in [0.1, 0.15) is 6.04 Å². The lowest BCUT2D eigenvalue weighted by atomic mass is 10.1. The second-order valence-electron chi connectivity index (χ2n) is 5.72. The van der Waals surface area contributed by atoms with Gasteiger partial charge in [-0.1, -0.05) is 26.0 Å². The first-order valence-electron chi connectivity index (χ1n) is 7.65. The molecule has 1 atom stereocenters. The summed E-state index contributed by atoms with van der Waals surface area (Å²) in [4.78, 5) is 35.3. The number of benzene rings is 1. The summed E-state index contributed by atoms with van der Waals surface area (Å²) >= 11 is 1.19. The Kier molecular flexibility index (Phi) is 8.32. The molecule has 1 aromatic rings. The molecule has 1 rings (SSSR count). The molecule has 0 radical (unpaired) electrons. The maximum atomic E-state index is 11.9. The monoisotopic (exact) mass is 352 g/mol. The van der Waals surface area contributed by atoms with Crippen LogP contribution in [-0.2, 0) is 19.1 Å². The van der Waals surface area contributed by atoms with Crippen molar-refractivity contribution in [3.05, 3.63) is 29.8 Å². The Morgan fingerprint density at radius 3 is 2.42 bits per heavy atom. The summed E-state index contributed by atoms with van der Waals surface area (Å²) < 4.78 is 4.67. The summed E-state index contributed by atoms with van der Waals surface area (Å²) in [6.07, 6.45) is 0. The van der Waals surface area contributed by atoms with Crippen LogP contribution < -0.4 is 10.6 Å². The molecule has 1 aromatic carbocycles. The second kappa shape index (κ2) is 9.97. The van der Waals surface area contributed by atoms with Gasteiger partial charge in [0.15, 0.2) is 0 Å². The highest BCUT2D eigenvalue weighted by Gasteiger charge is 2.24. The molecule has 0 spiro atoms. The van der Waals surface area contributed by atoms with Gasteiger partial charge in [-0.05, 0) is 30.5 Å². The molecule has 0 aliphatic rings. The molecule has 0 aliphatic carbocycles. The Morgan fingerprint density at radius 1 is 1.17 bits per heavy atom. The van der Waals surface area contributed by atoms with Crippen LogP contribution in [0, 0.1) is 12.8 Å². The number of thioether (sulfide) groups is 1. The predicted molar refractivity (Wildman–Crippen MR) is 95.9 cm³/mol. The number of nitrogens with one attached hydrogen (secondary N) is 2. The lowest BCUT2D eigenvalue weighted by molar-refractivity contribution is -0.146. The van der Waals surface area contributed by atoms with Gasteiger partial charge < -0.3 is 15.4 Å². The zero-order valence-corrected chi connectivity index (χ0v) is 15.2. The summed E-state index contributed by atoms with van der Waals surface area (Å²) in [6, 6.07) is 6.82. The topological polar surface area (TPSA) is 84.5 Å². The van der Waals surface area contributed by atoms with E-state index in [-0.39, 0.29) is 29.2 Å². The molecule has 0 unspecified atom stereocenters. The number of amides is 2. The Morgan fingerprint density at radius 2 is 1.83 bits per heavy atom. The lowest BCUT2D eigenvalue weighted by Gasteiger charge is -2.19. The Hall–Kier alpha value is -2.02. The summed E-state index contributed by atoms with van der Waals surface area (Å²) in [6.45, 7) is 5.59. The van der Waals surface area contributed by atoms with Crippen LogP contribution in [-0.4, -0.2) is 42.4 Å². The predicted octanol–water partition coefficient (Wildman–Crippen LogP) is 1.98. The standard InChI is InChI=1S/C17H24N2O4S/c1-11(2)16(17(22)23-4)19-15(21)10-24-9-14(20)18-13-7-5-6-12(3)8-13/h5-8,11,16H,9-10H2,1-4H3,(H,18,20)(H,19,21)/t16-/m0/s1. The van der Waals surface area contributed by atoms with Gasteiger partial charge in [-0.15, -0.1) is 11.8 Å². The van der Waals surface area contributed by atoms with Crippen LogP contribution >= 0.6 is 11.8 Å². The van der Waals surface area contributed by atoms with Crippen LogP contribution in [0.4, 0.5) is 5.69 Å². The number of anilines is 1. The van der Waals surface area contributed by atoms with Crippen molar-refractivity contribution in [2.75, 3.05) is 23.9 Å². The van der Waals surface area contributed by atoms with Gasteiger partial charge in [0, 0.05) is 5.69 Å². The molecule has 0 saturated carbocycles. The molecule has 0 aromatic heterocycles. The molecule has 7 heteroatoms. The molecule has 0 saturated heterocycles. The van der Waals surface area contributed by atoms with Crippen molar-refractivity contribution >= 4 is 35.2 Å². The zero-order chi connectivity index (χ0) is 18.1. The Balaban J connectivity index is 2.36. The number of methoxy groups -OCH3 is 1. The van der Waals surface area contributed by atoms with Gasteiger partial charge in [-0.25, -0.2) is 4.79 Å². The van der Waals surface area contributed by atoms with E-state index in [9.17, 15) is 14.4 Å². The maximum Gasteiger partial charge on any atom is 0.328 e. The molecule has 6 nitrogen and oxygen atoms in total. The summed E-state index contributed by atoms with van der Waals surface area (Å²) in [5.74, 6) is -0.760. The Bertz CT molecular complexity index is 590. The third kappa shape index (κ3) is 7.04. The van der Waals surface area contributed by atoms with Gasteiger partial charge in [0.2, 0.25) is 11.8 Å². The largest absolute Gasteiger partial charge is 0.467 e. The van der Waals surface area contributed by atoms with E-state index in [1.807, 2.05) is 45.0 Å². The number of hydrogen-bond donors (Lipinski definition) is 2. The Labute approximate surface area is 146 Å². The fraction of sp³-hybridized carbons (Fsp3) is 0.471. The molecule has 0 fully saturated rings. The van der Waals surface area contributed by atoms with Crippen LogP contribution in [0.5, 0.6) is 0 Å². The summed E-state index contributed by atoms with van der Waals surface area (Å²) in [7, 11) is 1.29. The smallest absolute Gasteiger partial charge is 0.328 e. The van der Waals surface area contributed by atoms with Crippen LogP contribution in [0.25, 0.3) is 0 Å². The van der Waals surface area contributed by atoms with Crippen LogP contribution in [0.2, 0.25) is 0 Å². The zero-order valence-electron chi connectivity index (χ0n) is 14.4. The normalized spacial score (nSPS) is 11.7. The maximum absolute atomic E-state index is 11.9. The van der Waals surface area contributed by atoms with Crippen molar-refractivity contribution in [1.82, 2.24) is 5.32 Å². The van der Waals surface area contributed by atoms with E-state index in [1.54, 1.807) is 0 Å². The summed E-state index contributed by atoms with van der Waals surface area (Å²) in [5, 5.41) is 5.41. The van der Waals surface area contributed by atoms with E-state index < -0.39 is 12.0 Å². The van der Waals surface area contributed by atoms with Gasteiger partial charge >= 0.3 is 5.97 Å². The second-order valence-corrected chi connectivity index (χ2v) is 6.71. The van der Waals surface area contributed by atoms with Crippen molar-refractivity contribution in [3.63, 3.8) is 0 Å². The molecular weight excluding hydrogens is 328 g/mol. The minimum atomic E-state index is -0.677. The molecule has 132 valence electrons. The number of esters is 1. The van der Waals surface area contributed by atoms with E-state index in [1.165, 1.54) is 18.9 Å². The van der Waals surface area contributed by atoms with E-state index >= 15 is 0 Å². The molecule has 2 amide bonds. The number of hydrogen-bond acceptors (Lipinski definition) is 5. The number of ether oxygens (including phenoxy) is 1. The minimum Gasteiger partial charge on any atom is -0.467 e. The SMILES string of the molecule is COC(=O)[C@@H](NC(=O)CSCC(=O)Nc1cccc(C)c1)C(C)C. The highest BCUT2D eigenvalue weighted by Crippen LogP contribution is 2.11.